The lowest BCUT2D eigenvalue weighted by Gasteiger charge is -2.34. The van der Waals surface area contributed by atoms with Crippen LogP contribution in [0, 0.1) is 0 Å². The van der Waals surface area contributed by atoms with Crippen molar-refractivity contribution in [1.29, 1.82) is 0 Å². The Kier molecular flexibility index (Phi) is 1.62. The summed E-state index contributed by atoms with van der Waals surface area (Å²) in [5.41, 5.74) is 1.38. The third kappa shape index (κ3) is 1.04. The number of thiophene rings is 1. The van der Waals surface area contributed by atoms with Crippen LogP contribution in [-0.4, -0.2) is 25.6 Å². The van der Waals surface area contributed by atoms with Crippen LogP contribution < -0.4 is 5.01 Å². The van der Waals surface area contributed by atoms with Crippen LogP contribution in [0.25, 0.3) is 0 Å². The van der Waals surface area contributed by atoms with Crippen molar-refractivity contribution in [2.24, 2.45) is 0 Å². The molecule has 2 nitrogen and oxygen atoms in total. The van der Waals surface area contributed by atoms with Gasteiger partial charge >= 0.3 is 0 Å². The molecule has 0 amide bonds. The van der Waals surface area contributed by atoms with Gasteiger partial charge in [-0.1, -0.05) is 0 Å². The van der Waals surface area contributed by atoms with E-state index in [-0.39, 0.29) is 0 Å². The Balaban J connectivity index is 2.38. The Morgan fingerprint density at radius 1 is 1.45 bits per heavy atom. The summed E-state index contributed by atoms with van der Waals surface area (Å²) in [6, 6.07) is 2.19. The fourth-order valence-electron chi connectivity index (χ4n) is 1.41. The normalized spacial score (nSPS) is 18.5. The largest absolute Gasteiger partial charge is 0.308 e. The second kappa shape index (κ2) is 2.50. The standard InChI is InChI=1S/C8H12N2S/c1-9-5-3-8-7(10(9)2)4-6-11-8/h4,6H,3,5H2,1-2H3. The number of anilines is 1. The highest BCUT2D eigenvalue weighted by molar-refractivity contribution is 7.10. The predicted molar refractivity (Wildman–Crippen MR) is 49.1 cm³/mol. The first-order chi connectivity index (χ1) is 5.29. The molecule has 0 unspecified atom stereocenters. The van der Waals surface area contributed by atoms with Gasteiger partial charge in [0, 0.05) is 25.5 Å². The highest BCUT2D eigenvalue weighted by Gasteiger charge is 2.18. The lowest BCUT2D eigenvalue weighted by Crippen LogP contribution is -2.41. The summed E-state index contributed by atoms with van der Waals surface area (Å²) in [6.07, 6.45) is 1.20. The van der Waals surface area contributed by atoms with Crippen molar-refractivity contribution in [3.05, 3.63) is 16.3 Å². The smallest absolute Gasteiger partial charge is 0.0658 e. The molecule has 1 aromatic rings. The van der Waals surface area contributed by atoms with Gasteiger partial charge in [0.05, 0.1) is 5.69 Å². The van der Waals surface area contributed by atoms with Gasteiger partial charge in [-0.2, -0.15) is 0 Å². The molecule has 60 valence electrons. The average molecular weight is 168 g/mol. The lowest BCUT2D eigenvalue weighted by molar-refractivity contribution is 0.316. The average Bonchev–Trinajstić information content (AvgIpc) is 2.45. The van der Waals surface area contributed by atoms with Gasteiger partial charge in [-0.25, -0.2) is 5.01 Å². The monoisotopic (exact) mass is 168 g/mol. The van der Waals surface area contributed by atoms with Crippen LogP contribution in [0.4, 0.5) is 5.69 Å². The van der Waals surface area contributed by atoms with Gasteiger partial charge in [0.2, 0.25) is 0 Å². The topological polar surface area (TPSA) is 6.48 Å². The molecule has 0 N–H and O–H groups in total. The fraction of sp³-hybridized carbons (Fsp3) is 0.500. The third-order valence-electron chi connectivity index (χ3n) is 2.25. The predicted octanol–water partition coefficient (Wildman–Crippen LogP) is 1.59. The second-order valence-electron chi connectivity index (χ2n) is 2.88. The van der Waals surface area contributed by atoms with E-state index in [1.54, 1.807) is 0 Å². The molecule has 0 aromatic carbocycles. The van der Waals surface area contributed by atoms with Gasteiger partial charge in [0.25, 0.3) is 0 Å². The minimum atomic E-state index is 1.14. The first-order valence-electron chi connectivity index (χ1n) is 3.80. The maximum atomic E-state index is 2.25. The zero-order valence-corrected chi connectivity index (χ0v) is 7.69. The van der Waals surface area contributed by atoms with Crippen molar-refractivity contribution in [1.82, 2.24) is 5.01 Å². The Labute approximate surface area is 71.0 Å². The van der Waals surface area contributed by atoms with Crippen LogP contribution in [0.15, 0.2) is 11.4 Å². The van der Waals surface area contributed by atoms with Crippen molar-refractivity contribution in [3.8, 4) is 0 Å². The molecular weight excluding hydrogens is 156 g/mol. The molecule has 1 aliphatic heterocycles. The maximum Gasteiger partial charge on any atom is 0.0658 e. The van der Waals surface area contributed by atoms with Gasteiger partial charge in [-0.15, -0.1) is 11.3 Å². The van der Waals surface area contributed by atoms with E-state index in [9.17, 15) is 0 Å². The first-order valence-corrected chi connectivity index (χ1v) is 4.68. The Hall–Kier alpha value is -0.540. The summed E-state index contributed by atoms with van der Waals surface area (Å²) < 4.78 is 0. The van der Waals surface area contributed by atoms with Crippen molar-refractivity contribution in [3.63, 3.8) is 0 Å². The van der Waals surface area contributed by atoms with Crippen molar-refractivity contribution in [2.75, 3.05) is 25.6 Å². The Morgan fingerprint density at radius 2 is 2.27 bits per heavy atom. The molecule has 0 bridgehead atoms. The van der Waals surface area contributed by atoms with E-state index >= 15 is 0 Å². The summed E-state index contributed by atoms with van der Waals surface area (Å²) >= 11 is 1.86. The molecule has 3 heteroatoms. The number of nitrogens with zero attached hydrogens (tertiary/aromatic N) is 2. The number of hydrogen-bond donors (Lipinski definition) is 0. The SMILES string of the molecule is CN1CCc2sccc2N1C. The fourth-order valence-corrected chi connectivity index (χ4v) is 2.30. The molecule has 2 heterocycles. The zero-order chi connectivity index (χ0) is 7.84. The minimum Gasteiger partial charge on any atom is -0.308 e. The number of hydrogen-bond acceptors (Lipinski definition) is 3. The summed E-state index contributed by atoms with van der Waals surface area (Å²) in [7, 11) is 4.24. The van der Waals surface area contributed by atoms with Gasteiger partial charge in [-0.3, -0.25) is 0 Å². The van der Waals surface area contributed by atoms with Crippen LogP contribution in [0.5, 0.6) is 0 Å². The molecule has 11 heavy (non-hydrogen) atoms. The number of hydrazine groups is 1. The van der Waals surface area contributed by atoms with Gasteiger partial charge in [0.15, 0.2) is 0 Å². The maximum absolute atomic E-state index is 2.25. The Bertz CT molecular complexity index is 256. The molecule has 0 radical (unpaired) electrons. The molecular formula is C8H12N2S. The van der Waals surface area contributed by atoms with Gasteiger partial charge in [-0.05, 0) is 17.9 Å². The van der Waals surface area contributed by atoms with E-state index in [0.29, 0.717) is 0 Å². The van der Waals surface area contributed by atoms with E-state index in [4.69, 9.17) is 0 Å². The Morgan fingerprint density at radius 3 is 3.09 bits per heavy atom. The van der Waals surface area contributed by atoms with Crippen LogP contribution in [0.3, 0.4) is 0 Å². The second-order valence-corrected chi connectivity index (χ2v) is 3.88. The summed E-state index contributed by atoms with van der Waals surface area (Å²) in [5.74, 6) is 0. The molecule has 1 aromatic heterocycles. The highest BCUT2D eigenvalue weighted by atomic mass is 32.1. The molecule has 0 aliphatic carbocycles. The zero-order valence-electron chi connectivity index (χ0n) is 6.87. The van der Waals surface area contributed by atoms with E-state index in [1.807, 2.05) is 11.3 Å². The van der Waals surface area contributed by atoms with Gasteiger partial charge < -0.3 is 5.01 Å². The van der Waals surface area contributed by atoms with E-state index in [0.717, 1.165) is 6.54 Å². The van der Waals surface area contributed by atoms with Crippen LogP contribution >= 0.6 is 11.3 Å². The molecule has 0 fully saturated rings. The minimum absolute atomic E-state index is 1.14. The third-order valence-corrected chi connectivity index (χ3v) is 3.22. The highest BCUT2D eigenvalue weighted by Crippen LogP contribution is 2.29. The number of fused-ring (bicyclic) bond motifs is 1. The summed E-state index contributed by atoms with van der Waals surface area (Å²) in [6.45, 7) is 1.14. The van der Waals surface area contributed by atoms with E-state index < -0.39 is 0 Å². The van der Waals surface area contributed by atoms with Crippen molar-refractivity contribution < 1.29 is 0 Å². The molecule has 0 atom stereocenters. The quantitative estimate of drug-likeness (QED) is 0.580. The molecule has 0 saturated carbocycles. The number of rotatable bonds is 0. The summed E-state index contributed by atoms with van der Waals surface area (Å²) in [4.78, 5) is 1.52. The van der Waals surface area contributed by atoms with Gasteiger partial charge in [0.1, 0.15) is 0 Å². The summed E-state index contributed by atoms with van der Waals surface area (Å²) in [5, 5.41) is 6.63. The molecule has 2 rings (SSSR count). The van der Waals surface area contributed by atoms with Crippen molar-refractivity contribution in [2.45, 2.75) is 6.42 Å². The van der Waals surface area contributed by atoms with Crippen LogP contribution in [0.2, 0.25) is 0 Å². The lowest BCUT2D eigenvalue weighted by atomic mass is 10.2. The molecule has 1 aliphatic rings. The first kappa shape index (κ1) is 7.13. The van der Waals surface area contributed by atoms with Crippen LogP contribution in [-0.2, 0) is 6.42 Å². The van der Waals surface area contributed by atoms with E-state index in [1.165, 1.54) is 17.0 Å². The number of likely N-dealkylation sites (N-methyl/N-ethyl adjacent to an activating group) is 1. The molecule has 0 saturated heterocycles. The van der Waals surface area contributed by atoms with E-state index in [2.05, 4.69) is 35.6 Å². The van der Waals surface area contributed by atoms with Crippen molar-refractivity contribution >= 4 is 17.0 Å². The van der Waals surface area contributed by atoms with Crippen LogP contribution in [0.1, 0.15) is 4.88 Å². The molecule has 0 spiro atoms.